The van der Waals surface area contributed by atoms with Gasteiger partial charge in [0.15, 0.2) is 0 Å². The Bertz CT molecular complexity index is 453. The minimum absolute atomic E-state index is 0.662. The standard InChI is InChI=1S/C11H10BrNO2/c1-14-11-5-3-2-4-9(11)10-6-8(7-12)15-13-10/h2-6H,7H2,1H3. The second-order valence-corrected chi connectivity index (χ2v) is 3.57. The van der Waals surface area contributed by atoms with Crippen molar-refractivity contribution >= 4 is 15.9 Å². The van der Waals surface area contributed by atoms with Crippen molar-refractivity contribution in [1.82, 2.24) is 5.16 Å². The van der Waals surface area contributed by atoms with Crippen molar-refractivity contribution in [2.45, 2.75) is 5.33 Å². The van der Waals surface area contributed by atoms with E-state index >= 15 is 0 Å². The first-order chi connectivity index (χ1) is 7.35. The van der Waals surface area contributed by atoms with Gasteiger partial charge in [0.1, 0.15) is 17.2 Å². The SMILES string of the molecule is COc1ccccc1-c1cc(CBr)on1. The molecule has 0 aliphatic heterocycles. The number of nitrogens with zero attached hydrogens (tertiary/aromatic N) is 1. The van der Waals surface area contributed by atoms with Gasteiger partial charge in [-0.1, -0.05) is 33.2 Å². The van der Waals surface area contributed by atoms with Crippen LogP contribution in [0.4, 0.5) is 0 Å². The van der Waals surface area contributed by atoms with Crippen molar-refractivity contribution in [2.24, 2.45) is 0 Å². The molecule has 0 bridgehead atoms. The summed E-state index contributed by atoms with van der Waals surface area (Å²) in [5, 5.41) is 4.64. The van der Waals surface area contributed by atoms with E-state index in [9.17, 15) is 0 Å². The van der Waals surface area contributed by atoms with Crippen molar-refractivity contribution in [3.63, 3.8) is 0 Å². The molecule has 2 aromatic rings. The third kappa shape index (κ3) is 2.04. The molecule has 0 unspecified atom stereocenters. The molecule has 3 nitrogen and oxygen atoms in total. The number of alkyl halides is 1. The molecule has 0 saturated heterocycles. The molecule has 0 fully saturated rings. The Balaban J connectivity index is 2.44. The van der Waals surface area contributed by atoms with Gasteiger partial charge in [0, 0.05) is 11.6 Å². The van der Waals surface area contributed by atoms with E-state index in [2.05, 4.69) is 21.1 Å². The zero-order valence-electron chi connectivity index (χ0n) is 8.24. The van der Waals surface area contributed by atoms with E-state index in [0.717, 1.165) is 22.8 Å². The molecule has 0 amide bonds. The summed E-state index contributed by atoms with van der Waals surface area (Å²) in [5.74, 6) is 1.60. The van der Waals surface area contributed by atoms with Crippen LogP contribution >= 0.6 is 15.9 Å². The fraction of sp³-hybridized carbons (Fsp3) is 0.182. The Morgan fingerprint density at radius 3 is 2.87 bits per heavy atom. The molecule has 78 valence electrons. The maximum atomic E-state index is 5.25. The predicted octanol–water partition coefficient (Wildman–Crippen LogP) is 3.25. The fourth-order valence-electron chi connectivity index (χ4n) is 1.36. The monoisotopic (exact) mass is 267 g/mol. The van der Waals surface area contributed by atoms with Crippen LogP contribution in [0, 0.1) is 0 Å². The Morgan fingerprint density at radius 1 is 1.40 bits per heavy atom. The molecular formula is C11H10BrNO2. The Morgan fingerprint density at radius 2 is 2.20 bits per heavy atom. The third-order valence-corrected chi connectivity index (χ3v) is 2.63. The summed E-state index contributed by atoms with van der Waals surface area (Å²) in [7, 11) is 1.64. The smallest absolute Gasteiger partial charge is 0.147 e. The zero-order chi connectivity index (χ0) is 10.7. The van der Waals surface area contributed by atoms with Crippen LogP contribution in [0.1, 0.15) is 5.76 Å². The molecule has 2 rings (SSSR count). The van der Waals surface area contributed by atoms with E-state index in [0.29, 0.717) is 5.33 Å². The van der Waals surface area contributed by atoms with Crippen LogP contribution in [0.15, 0.2) is 34.9 Å². The van der Waals surface area contributed by atoms with E-state index in [1.165, 1.54) is 0 Å². The Hall–Kier alpha value is -1.29. The van der Waals surface area contributed by atoms with Gasteiger partial charge in [0.05, 0.1) is 12.4 Å². The van der Waals surface area contributed by atoms with Gasteiger partial charge in [-0.15, -0.1) is 0 Å². The van der Waals surface area contributed by atoms with Gasteiger partial charge in [-0.25, -0.2) is 0 Å². The van der Waals surface area contributed by atoms with Gasteiger partial charge in [-0.3, -0.25) is 0 Å². The molecule has 0 aliphatic rings. The van der Waals surface area contributed by atoms with E-state index in [1.54, 1.807) is 7.11 Å². The topological polar surface area (TPSA) is 35.3 Å². The lowest BCUT2D eigenvalue weighted by molar-refractivity contribution is 0.395. The predicted molar refractivity (Wildman–Crippen MR) is 61.1 cm³/mol. The van der Waals surface area contributed by atoms with Crippen molar-refractivity contribution in [3.05, 3.63) is 36.1 Å². The average molecular weight is 268 g/mol. The lowest BCUT2D eigenvalue weighted by Crippen LogP contribution is -1.86. The van der Waals surface area contributed by atoms with Crippen molar-refractivity contribution in [1.29, 1.82) is 0 Å². The van der Waals surface area contributed by atoms with E-state index < -0.39 is 0 Å². The first-order valence-corrected chi connectivity index (χ1v) is 5.62. The molecular weight excluding hydrogens is 258 g/mol. The highest BCUT2D eigenvalue weighted by atomic mass is 79.9. The summed E-state index contributed by atoms with van der Waals surface area (Å²) < 4.78 is 10.4. The van der Waals surface area contributed by atoms with Crippen LogP contribution in [-0.4, -0.2) is 12.3 Å². The molecule has 1 heterocycles. The number of aromatic nitrogens is 1. The number of hydrogen-bond acceptors (Lipinski definition) is 3. The molecule has 4 heteroatoms. The normalized spacial score (nSPS) is 10.3. The largest absolute Gasteiger partial charge is 0.496 e. The highest BCUT2D eigenvalue weighted by Gasteiger charge is 2.09. The zero-order valence-corrected chi connectivity index (χ0v) is 9.82. The molecule has 0 radical (unpaired) electrons. The molecule has 1 aromatic carbocycles. The van der Waals surface area contributed by atoms with Crippen LogP contribution in [0.5, 0.6) is 5.75 Å². The summed E-state index contributed by atoms with van der Waals surface area (Å²) in [5.41, 5.74) is 1.73. The van der Waals surface area contributed by atoms with Gasteiger partial charge in [0.2, 0.25) is 0 Å². The Kier molecular flexibility index (Phi) is 3.06. The van der Waals surface area contributed by atoms with E-state index in [-0.39, 0.29) is 0 Å². The van der Waals surface area contributed by atoms with Crippen molar-refractivity contribution < 1.29 is 9.26 Å². The molecule has 0 aliphatic carbocycles. The van der Waals surface area contributed by atoms with Crippen LogP contribution < -0.4 is 4.74 Å². The van der Waals surface area contributed by atoms with Crippen LogP contribution in [0.25, 0.3) is 11.3 Å². The van der Waals surface area contributed by atoms with Crippen LogP contribution in [0.3, 0.4) is 0 Å². The number of methoxy groups -OCH3 is 1. The van der Waals surface area contributed by atoms with Gasteiger partial charge in [-0.2, -0.15) is 0 Å². The van der Waals surface area contributed by atoms with Crippen molar-refractivity contribution in [2.75, 3.05) is 7.11 Å². The highest BCUT2D eigenvalue weighted by Crippen LogP contribution is 2.29. The van der Waals surface area contributed by atoms with E-state index in [4.69, 9.17) is 9.26 Å². The minimum atomic E-state index is 0.662. The number of hydrogen-bond donors (Lipinski definition) is 0. The van der Waals surface area contributed by atoms with Gasteiger partial charge in [0.25, 0.3) is 0 Å². The van der Waals surface area contributed by atoms with Gasteiger partial charge in [-0.05, 0) is 12.1 Å². The average Bonchev–Trinajstić information content (AvgIpc) is 2.77. The summed E-state index contributed by atoms with van der Waals surface area (Å²) in [6, 6.07) is 9.62. The molecule has 0 atom stereocenters. The maximum Gasteiger partial charge on any atom is 0.147 e. The number of ether oxygens (including phenoxy) is 1. The summed E-state index contributed by atoms with van der Waals surface area (Å²) in [6.45, 7) is 0. The maximum absolute atomic E-state index is 5.25. The molecule has 0 saturated carbocycles. The lowest BCUT2D eigenvalue weighted by atomic mass is 10.1. The third-order valence-electron chi connectivity index (χ3n) is 2.07. The second kappa shape index (κ2) is 4.49. The summed E-state index contributed by atoms with van der Waals surface area (Å²) in [6.07, 6.45) is 0. The first kappa shape index (κ1) is 10.2. The highest BCUT2D eigenvalue weighted by molar-refractivity contribution is 9.08. The molecule has 15 heavy (non-hydrogen) atoms. The Labute approximate surface area is 96.2 Å². The number of para-hydroxylation sites is 1. The summed E-state index contributed by atoms with van der Waals surface area (Å²) in [4.78, 5) is 0. The summed E-state index contributed by atoms with van der Waals surface area (Å²) >= 11 is 3.31. The quantitative estimate of drug-likeness (QED) is 0.801. The van der Waals surface area contributed by atoms with Gasteiger partial charge < -0.3 is 9.26 Å². The fourth-order valence-corrected chi connectivity index (χ4v) is 1.62. The second-order valence-electron chi connectivity index (χ2n) is 3.01. The molecule has 0 N–H and O–H groups in total. The van der Waals surface area contributed by atoms with E-state index in [1.807, 2.05) is 30.3 Å². The number of benzene rings is 1. The lowest BCUT2D eigenvalue weighted by Gasteiger charge is -2.03. The van der Waals surface area contributed by atoms with Gasteiger partial charge >= 0.3 is 0 Å². The molecule has 0 spiro atoms. The van der Waals surface area contributed by atoms with Crippen LogP contribution in [0.2, 0.25) is 0 Å². The molecule has 1 aromatic heterocycles. The number of halogens is 1. The van der Waals surface area contributed by atoms with Crippen LogP contribution in [-0.2, 0) is 5.33 Å². The first-order valence-electron chi connectivity index (χ1n) is 4.50. The van der Waals surface area contributed by atoms with Crippen molar-refractivity contribution in [3.8, 4) is 17.0 Å². The minimum Gasteiger partial charge on any atom is -0.496 e. The number of rotatable bonds is 3.